The van der Waals surface area contributed by atoms with Crippen LogP contribution >= 0.6 is 0 Å². The maximum atomic E-state index is 12.5. The lowest BCUT2D eigenvalue weighted by atomic mass is 10.0. The highest BCUT2D eigenvalue weighted by molar-refractivity contribution is 5.76. The first kappa shape index (κ1) is 70.3. The van der Waals surface area contributed by atoms with Gasteiger partial charge in [-0.05, 0) is 70.6 Å². The van der Waals surface area contributed by atoms with Gasteiger partial charge >= 0.3 is 0 Å². The van der Waals surface area contributed by atoms with Gasteiger partial charge in [-0.25, -0.2) is 0 Å². The van der Waals surface area contributed by atoms with Crippen LogP contribution in [0.15, 0.2) is 48.6 Å². The van der Waals surface area contributed by atoms with Gasteiger partial charge in [-0.1, -0.05) is 332 Å². The average molecular weight is 1010 g/mol. The number of aliphatic hydroxyl groups excluding tert-OH is 2. The Labute approximate surface area is 452 Å². The van der Waals surface area contributed by atoms with E-state index in [1.54, 1.807) is 6.08 Å². The number of nitrogens with one attached hydrogen (secondary N) is 1. The van der Waals surface area contributed by atoms with E-state index in [-0.39, 0.29) is 12.5 Å². The molecule has 0 aromatic carbocycles. The molecule has 0 saturated heterocycles. The first-order valence-electron chi connectivity index (χ1n) is 32.9. The van der Waals surface area contributed by atoms with Gasteiger partial charge in [-0.15, -0.1) is 0 Å². The molecule has 0 rings (SSSR count). The molecule has 0 aromatic heterocycles. The van der Waals surface area contributed by atoms with E-state index in [9.17, 15) is 15.0 Å². The number of allylic oxidation sites excluding steroid dienone is 7. The summed E-state index contributed by atoms with van der Waals surface area (Å²) in [6.45, 7) is 4.33. The third kappa shape index (κ3) is 59.2. The van der Waals surface area contributed by atoms with Crippen LogP contribution in [0, 0.1) is 0 Å². The molecule has 1 amide bonds. The minimum absolute atomic E-state index is 0.0728. The molecule has 0 aliphatic heterocycles. The van der Waals surface area contributed by atoms with Gasteiger partial charge in [0.1, 0.15) is 0 Å². The molecule has 72 heavy (non-hydrogen) atoms. The summed E-state index contributed by atoms with van der Waals surface area (Å²) < 4.78 is 0. The van der Waals surface area contributed by atoms with Crippen LogP contribution in [-0.2, 0) is 4.79 Å². The van der Waals surface area contributed by atoms with E-state index >= 15 is 0 Å². The molecule has 0 heterocycles. The van der Waals surface area contributed by atoms with Gasteiger partial charge in [-0.3, -0.25) is 4.79 Å². The van der Waals surface area contributed by atoms with Crippen molar-refractivity contribution < 1.29 is 15.0 Å². The van der Waals surface area contributed by atoms with E-state index < -0.39 is 12.1 Å². The minimum Gasteiger partial charge on any atom is -0.394 e. The number of unbranched alkanes of at least 4 members (excludes halogenated alkanes) is 48. The van der Waals surface area contributed by atoms with Gasteiger partial charge in [0.25, 0.3) is 0 Å². The fourth-order valence-corrected chi connectivity index (χ4v) is 10.3. The fraction of sp³-hybridized carbons (Fsp3) is 0.868. The molecule has 0 saturated carbocycles. The van der Waals surface area contributed by atoms with Crippen LogP contribution in [0.25, 0.3) is 0 Å². The Bertz CT molecular complexity index is 1140. The van der Waals surface area contributed by atoms with E-state index in [0.717, 1.165) is 38.5 Å². The Morgan fingerprint density at radius 1 is 0.319 bits per heavy atom. The molecule has 0 bridgehead atoms. The Kier molecular flexibility index (Phi) is 62.2. The van der Waals surface area contributed by atoms with Crippen LogP contribution in [0.1, 0.15) is 361 Å². The summed E-state index contributed by atoms with van der Waals surface area (Å²) in [5.41, 5.74) is 0. The molecule has 4 heteroatoms. The summed E-state index contributed by atoms with van der Waals surface area (Å²) in [5.74, 6) is -0.0728. The second kappa shape index (κ2) is 63.6. The van der Waals surface area contributed by atoms with E-state index in [2.05, 4.69) is 55.6 Å². The summed E-state index contributed by atoms with van der Waals surface area (Å²) in [5, 5.41) is 23.2. The minimum atomic E-state index is -0.872. The standard InChI is InChI=1S/C68H129NO3/c1-3-5-7-9-11-13-15-17-19-21-23-25-27-29-31-32-33-34-35-36-38-39-41-43-45-47-49-51-53-55-57-59-61-63-67(71)66(65-70)69-68(72)64-62-60-58-56-54-52-50-48-46-44-42-40-37-30-28-26-24-22-20-18-16-14-12-10-8-6-4-2/h22,24,45,47,53,55,61,63,66-67,70-71H,3-21,23,25-44,46,48-52,54,56-60,62,64-65H2,1-2H3,(H,69,72)/b24-22-,47-45+,55-53+,63-61+. The van der Waals surface area contributed by atoms with E-state index in [0.29, 0.717) is 6.42 Å². The van der Waals surface area contributed by atoms with Gasteiger partial charge < -0.3 is 15.5 Å². The molecular formula is C68H129NO3. The molecule has 2 unspecified atom stereocenters. The predicted octanol–water partition coefficient (Wildman–Crippen LogP) is 22.2. The SMILES string of the molecule is CCCCCCCCCC/C=C\CCCCCCCCCCCCCCCCCC(=O)NC(CO)C(O)/C=C/CC/C=C/CC/C=C/CCCCCCCCCCCCCCCCCCCCCCCCC. The molecule has 3 N–H and O–H groups in total. The normalized spacial score (nSPS) is 13.0. The average Bonchev–Trinajstić information content (AvgIpc) is 3.39. The lowest BCUT2D eigenvalue weighted by Crippen LogP contribution is -2.45. The topological polar surface area (TPSA) is 69.6 Å². The van der Waals surface area contributed by atoms with Gasteiger partial charge in [-0.2, -0.15) is 0 Å². The molecule has 0 radical (unpaired) electrons. The van der Waals surface area contributed by atoms with E-state index in [1.165, 1.54) is 302 Å². The lowest BCUT2D eigenvalue weighted by Gasteiger charge is -2.19. The van der Waals surface area contributed by atoms with Crippen molar-refractivity contribution in [3.63, 3.8) is 0 Å². The van der Waals surface area contributed by atoms with Gasteiger partial charge in [0.05, 0.1) is 18.8 Å². The van der Waals surface area contributed by atoms with Crippen molar-refractivity contribution in [2.75, 3.05) is 6.61 Å². The monoisotopic (exact) mass is 1010 g/mol. The number of aliphatic hydroxyl groups is 2. The van der Waals surface area contributed by atoms with Crippen molar-refractivity contribution in [2.45, 2.75) is 373 Å². The van der Waals surface area contributed by atoms with Crippen molar-refractivity contribution in [3.8, 4) is 0 Å². The van der Waals surface area contributed by atoms with Crippen LogP contribution in [0.3, 0.4) is 0 Å². The summed E-state index contributed by atoms with van der Waals surface area (Å²) >= 11 is 0. The zero-order valence-electron chi connectivity index (χ0n) is 49.0. The molecule has 4 nitrogen and oxygen atoms in total. The molecule has 424 valence electrons. The third-order valence-corrected chi connectivity index (χ3v) is 15.3. The molecule has 0 spiro atoms. The predicted molar refractivity (Wildman–Crippen MR) is 322 cm³/mol. The van der Waals surface area contributed by atoms with Crippen molar-refractivity contribution in [2.24, 2.45) is 0 Å². The molecule has 0 aliphatic carbocycles. The number of amides is 1. The highest BCUT2D eigenvalue weighted by Gasteiger charge is 2.18. The zero-order chi connectivity index (χ0) is 52.0. The highest BCUT2D eigenvalue weighted by Crippen LogP contribution is 2.18. The van der Waals surface area contributed by atoms with Crippen LogP contribution < -0.4 is 5.32 Å². The van der Waals surface area contributed by atoms with Gasteiger partial charge in [0.15, 0.2) is 0 Å². The van der Waals surface area contributed by atoms with Crippen molar-refractivity contribution in [1.29, 1.82) is 0 Å². The molecule has 2 atom stereocenters. The number of hydrogen-bond donors (Lipinski definition) is 3. The van der Waals surface area contributed by atoms with Crippen molar-refractivity contribution in [1.82, 2.24) is 5.32 Å². The fourth-order valence-electron chi connectivity index (χ4n) is 10.3. The second-order valence-electron chi connectivity index (χ2n) is 22.5. The highest BCUT2D eigenvalue weighted by atomic mass is 16.3. The van der Waals surface area contributed by atoms with Crippen LogP contribution in [-0.4, -0.2) is 34.9 Å². The van der Waals surface area contributed by atoms with Crippen LogP contribution in [0.2, 0.25) is 0 Å². The maximum Gasteiger partial charge on any atom is 0.220 e. The van der Waals surface area contributed by atoms with E-state index in [4.69, 9.17) is 0 Å². The van der Waals surface area contributed by atoms with Gasteiger partial charge in [0, 0.05) is 6.42 Å². The number of carbonyl (C=O) groups excluding carboxylic acids is 1. The largest absolute Gasteiger partial charge is 0.394 e. The summed E-state index contributed by atoms with van der Waals surface area (Å²) in [6, 6.07) is -0.647. The molecule has 0 fully saturated rings. The van der Waals surface area contributed by atoms with Crippen LogP contribution in [0.4, 0.5) is 0 Å². The third-order valence-electron chi connectivity index (χ3n) is 15.3. The van der Waals surface area contributed by atoms with Crippen molar-refractivity contribution in [3.05, 3.63) is 48.6 Å². The Morgan fingerprint density at radius 3 is 0.806 bits per heavy atom. The lowest BCUT2D eigenvalue weighted by molar-refractivity contribution is -0.123. The summed E-state index contributed by atoms with van der Waals surface area (Å²) in [7, 11) is 0. The number of rotatable bonds is 61. The Morgan fingerprint density at radius 2 is 0.542 bits per heavy atom. The van der Waals surface area contributed by atoms with Crippen molar-refractivity contribution >= 4 is 5.91 Å². The quantitative estimate of drug-likeness (QED) is 0.0420. The Balaban J connectivity index is 3.50. The maximum absolute atomic E-state index is 12.5. The summed E-state index contributed by atoms with van der Waals surface area (Å²) in [6.07, 6.45) is 89.0. The first-order valence-corrected chi connectivity index (χ1v) is 32.9. The first-order chi connectivity index (χ1) is 35.7. The smallest absolute Gasteiger partial charge is 0.220 e. The molecule has 0 aromatic rings. The van der Waals surface area contributed by atoms with E-state index in [1.807, 2.05) is 6.08 Å². The van der Waals surface area contributed by atoms with Crippen LogP contribution in [0.5, 0.6) is 0 Å². The molecule has 0 aliphatic rings. The Hall–Kier alpha value is -1.65. The van der Waals surface area contributed by atoms with Gasteiger partial charge in [0.2, 0.25) is 5.91 Å². The zero-order valence-corrected chi connectivity index (χ0v) is 49.0. The second-order valence-corrected chi connectivity index (χ2v) is 22.5. The summed E-state index contributed by atoms with van der Waals surface area (Å²) in [4.78, 5) is 12.5. The molecular weight excluding hydrogens is 879 g/mol. The number of hydrogen-bond acceptors (Lipinski definition) is 3. The number of carbonyl (C=O) groups is 1.